The van der Waals surface area contributed by atoms with Crippen molar-refractivity contribution in [3.8, 4) is 11.5 Å². The first kappa shape index (κ1) is 22.2. The number of fused-ring (bicyclic) bond motifs is 5. The molecule has 3 aliphatic heterocycles. The molecule has 2 amide bonds. The Labute approximate surface area is 196 Å². The number of aromatic nitrogens is 1. The Bertz CT molecular complexity index is 1240. The first-order valence-electron chi connectivity index (χ1n) is 11.4. The number of nitrogens with zero attached hydrogens (tertiary/aromatic N) is 2. The van der Waals surface area contributed by atoms with Gasteiger partial charge in [0.25, 0.3) is 5.56 Å². The van der Waals surface area contributed by atoms with Gasteiger partial charge in [0.15, 0.2) is 11.5 Å². The molecule has 1 fully saturated rings. The van der Waals surface area contributed by atoms with Crippen molar-refractivity contribution in [1.82, 2.24) is 14.8 Å². The smallest absolute Gasteiger partial charge is 0.258 e. The van der Waals surface area contributed by atoms with E-state index in [1.54, 1.807) is 33.8 Å². The molecule has 4 atom stereocenters. The maximum atomic E-state index is 13.5. The van der Waals surface area contributed by atoms with Crippen LogP contribution in [0.2, 0.25) is 0 Å². The summed E-state index contributed by atoms with van der Waals surface area (Å²) < 4.78 is 12.4. The number of carbonyl (C=O) groups excluding carboxylic acids is 2. The number of aliphatic hydroxyl groups excluding tert-OH is 1. The van der Waals surface area contributed by atoms with E-state index in [9.17, 15) is 19.5 Å². The first-order chi connectivity index (χ1) is 16.4. The summed E-state index contributed by atoms with van der Waals surface area (Å²) in [5, 5.41) is 13.2. The summed E-state index contributed by atoms with van der Waals surface area (Å²) in [6.07, 6.45) is 3.54. The number of rotatable bonds is 5. The highest BCUT2D eigenvalue weighted by Crippen LogP contribution is 2.48. The van der Waals surface area contributed by atoms with Gasteiger partial charge >= 0.3 is 0 Å². The van der Waals surface area contributed by atoms with Crippen LogP contribution in [0.4, 0.5) is 0 Å². The predicted molar refractivity (Wildman–Crippen MR) is 123 cm³/mol. The van der Waals surface area contributed by atoms with Gasteiger partial charge in [0.1, 0.15) is 0 Å². The molecule has 5 rings (SSSR count). The average Bonchev–Trinajstić information content (AvgIpc) is 3.39. The average molecular weight is 466 g/mol. The largest absolute Gasteiger partial charge is 0.454 e. The lowest BCUT2D eigenvalue weighted by Gasteiger charge is -2.37. The third kappa shape index (κ3) is 3.47. The summed E-state index contributed by atoms with van der Waals surface area (Å²) in [5.41, 5.74) is 1.84. The van der Waals surface area contributed by atoms with Gasteiger partial charge in [-0.15, -0.1) is 0 Å². The third-order valence-electron chi connectivity index (χ3n) is 6.99. The van der Waals surface area contributed by atoms with Crippen molar-refractivity contribution in [1.29, 1.82) is 0 Å². The minimum atomic E-state index is -0.686. The SMILES string of the molecule is C/C=C\c1ccc2n(c1=O)C[C@H]1[C@H](CO)[C@@H](C(=O)NCc3ccc4c(c3)OCO4)[C@@H]2N1C(C)=O. The lowest BCUT2D eigenvalue weighted by atomic mass is 9.86. The number of hydrogen-bond donors (Lipinski definition) is 2. The van der Waals surface area contributed by atoms with Crippen molar-refractivity contribution in [3.05, 3.63) is 63.6 Å². The maximum absolute atomic E-state index is 13.5. The van der Waals surface area contributed by atoms with Crippen molar-refractivity contribution in [3.63, 3.8) is 0 Å². The number of nitrogens with one attached hydrogen (secondary N) is 1. The molecule has 34 heavy (non-hydrogen) atoms. The van der Waals surface area contributed by atoms with E-state index in [4.69, 9.17) is 9.47 Å². The van der Waals surface area contributed by atoms with Crippen molar-refractivity contribution >= 4 is 17.9 Å². The van der Waals surface area contributed by atoms with Crippen LogP contribution < -0.4 is 20.3 Å². The zero-order chi connectivity index (χ0) is 24.0. The van der Waals surface area contributed by atoms with E-state index < -0.39 is 23.9 Å². The van der Waals surface area contributed by atoms with Gasteiger partial charge in [-0.2, -0.15) is 0 Å². The number of allylic oxidation sites excluding steroid dienone is 1. The molecule has 1 saturated heterocycles. The molecule has 2 bridgehead atoms. The van der Waals surface area contributed by atoms with Gasteiger partial charge in [0, 0.05) is 43.8 Å². The normalized spacial score (nSPS) is 24.4. The van der Waals surface area contributed by atoms with Crippen molar-refractivity contribution < 1.29 is 24.2 Å². The fourth-order valence-corrected chi connectivity index (χ4v) is 5.52. The van der Waals surface area contributed by atoms with E-state index in [1.165, 1.54) is 6.92 Å². The minimum absolute atomic E-state index is 0.160. The zero-order valence-electron chi connectivity index (χ0n) is 19.1. The molecule has 2 N–H and O–H groups in total. The highest BCUT2D eigenvalue weighted by Gasteiger charge is 2.56. The van der Waals surface area contributed by atoms with Crippen molar-refractivity contribution in [2.45, 2.75) is 39.0 Å². The van der Waals surface area contributed by atoms with E-state index in [0.717, 1.165) is 5.56 Å². The molecule has 0 unspecified atom stereocenters. The molecule has 9 heteroatoms. The number of amides is 2. The number of ether oxygens (including phenoxy) is 2. The van der Waals surface area contributed by atoms with Crippen LogP contribution in [0.3, 0.4) is 0 Å². The predicted octanol–water partition coefficient (Wildman–Crippen LogP) is 1.44. The second kappa shape index (κ2) is 8.64. The second-order valence-corrected chi connectivity index (χ2v) is 8.85. The molecule has 0 radical (unpaired) electrons. The Balaban J connectivity index is 1.47. The molecule has 178 valence electrons. The van der Waals surface area contributed by atoms with E-state index in [2.05, 4.69) is 5.32 Å². The molecular weight excluding hydrogens is 438 g/mol. The van der Waals surface area contributed by atoms with Crippen LogP contribution in [-0.2, 0) is 22.7 Å². The number of carbonyl (C=O) groups is 2. The van der Waals surface area contributed by atoms with Crippen molar-refractivity contribution in [2.24, 2.45) is 11.8 Å². The standard InChI is InChI=1S/C25H27N3O6/c1-3-4-16-6-7-18-23-22(17(12-29)19(28(23)14(2)30)11-27(18)25(16)32)24(31)26-10-15-5-8-20-21(9-15)34-13-33-20/h3-9,17,19,22-23,29H,10-13H2,1-2H3,(H,26,31)/b4-3-/t17-,19-,22+,23+/m0/s1. The van der Waals surface area contributed by atoms with Crippen LogP contribution in [-0.4, -0.2) is 45.8 Å². The highest BCUT2D eigenvalue weighted by molar-refractivity contribution is 5.83. The zero-order valence-corrected chi connectivity index (χ0v) is 19.1. The first-order valence-corrected chi connectivity index (χ1v) is 11.4. The molecule has 9 nitrogen and oxygen atoms in total. The monoisotopic (exact) mass is 465 g/mol. The lowest BCUT2D eigenvalue weighted by Crippen LogP contribution is -2.48. The van der Waals surface area contributed by atoms with Gasteiger partial charge in [-0.3, -0.25) is 14.4 Å². The number of pyridine rings is 1. The van der Waals surface area contributed by atoms with Gasteiger partial charge in [0.2, 0.25) is 18.6 Å². The molecule has 0 saturated carbocycles. The van der Waals surface area contributed by atoms with Gasteiger partial charge in [-0.05, 0) is 36.8 Å². The van der Waals surface area contributed by atoms with E-state index in [0.29, 0.717) is 22.8 Å². The van der Waals surface area contributed by atoms with E-state index in [-0.39, 0.29) is 43.9 Å². The summed E-state index contributed by atoms with van der Waals surface area (Å²) in [7, 11) is 0. The molecule has 2 aromatic rings. The van der Waals surface area contributed by atoms with Crippen LogP contribution in [0.25, 0.3) is 6.08 Å². The summed E-state index contributed by atoms with van der Waals surface area (Å²) in [5.74, 6) is -0.338. The highest BCUT2D eigenvalue weighted by atomic mass is 16.7. The quantitative estimate of drug-likeness (QED) is 0.692. The molecule has 3 aliphatic rings. The van der Waals surface area contributed by atoms with Crippen LogP contribution in [0.15, 0.2) is 41.2 Å². The maximum Gasteiger partial charge on any atom is 0.258 e. The fraction of sp³-hybridized carbons (Fsp3) is 0.400. The molecule has 1 aromatic heterocycles. The Morgan fingerprint density at radius 2 is 2.00 bits per heavy atom. The van der Waals surface area contributed by atoms with Crippen LogP contribution >= 0.6 is 0 Å². The van der Waals surface area contributed by atoms with Gasteiger partial charge in [0.05, 0.1) is 18.0 Å². The van der Waals surface area contributed by atoms with Crippen molar-refractivity contribution in [2.75, 3.05) is 13.4 Å². The molecule has 0 aliphatic carbocycles. The topological polar surface area (TPSA) is 110 Å². The van der Waals surface area contributed by atoms with Gasteiger partial charge < -0.3 is 29.4 Å². The Morgan fingerprint density at radius 3 is 2.74 bits per heavy atom. The van der Waals surface area contributed by atoms with E-state index >= 15 is 0 Å². The molecule has 1 aromatic carbocycles. The summed E-state index contributed by atoms with van der Waals surface area (Å²) in [4.78, 5) is 40.9. The number of aliphatic hydroxyl groups is 1. The number of benzene rings is 1. The Morgan fingerprint density at radius 1 is 1.21 bits per heavy atom. The van der Waals surface area contributed by atoms with E-state index in [1.807, 2.05) is 25.1 Å². The molecular formula is C25H27N3O6. The van der Waals surface area contributed by atoms with Gasteiger partial charge in [-0.25, -0.2) is 0 Å². The lowest BCUT2D eigenvalue weighted by molar-refractivity contribution is -0.134. The fourth-order valence-electron chi connectivity index (χ4n) is 5.52. The Hall–Kier alpha value is -3.59. The van der Waals surface area contributed by atoms with Crippen LogP contribution in [0, 0.1) is 11.8 Å². The Kier molecular flexibility index (Phi) is 5.65. The molecule has 0 spiro atoms. The van der Waals surface area contributed by atoms with Crippen LogP contribution in [0.5, 0.6) is 11.5 Å². The minimum Gasteiger partial charge on any atom is -0.454 e. The number of hydrogen-bond acceptors (Lipinski definition) is 6. The summed E-state index contributed by atoms with van der Waals surface area (Å²) >= 11 is 0. The van der Waals surface area contributed by atoms with Crippen LogP contribution in [0.1, 0.15) is 36.7 Å². The second-order valence-electron chi connectivity index (χ2n) is 8.85. The summed E-state index contributed by atoms with van der Waals surface area (Å²) in [6, 6.07) is 7.93. The van der Waals surface area contributed by atoms with Gasteiger partial charge in [-0.1, -0.05) is 18.2 Å². The third-order valence-corrected chi connectivity index (χ3v) is 6.99. The summed E-state index contributed by atoms with van der Waals surface area (Å²) in [6.45, 7) is 3.71. The molecule has 4 heterocycles.